The maximum absolute atomic E-state index is 13.8. The fourth-order valence-electron chi connectivity index (χ4n) is 2.13. The number of fused-ring (bicyclic) bond motifs is 1. The standard InChI is InChI=1S/C14H7ClF4N4O3S/c1-2-26-11(25)6-4-23(13-22-21-12(27-13)14(17,18)19)10-5(8(6)24)3-7(16)9(15)20-10/h3-4H,2H2,1H3. The Bertz CT molecular complexity index is 1110. The van der Waals surface area contributed by atoms with E-state index < -0.39 is 39.1 Å². The Morgan fingerprint density at radius 2 is 2.07 bits per heavy atom. The second-order valence-corrected chi connectivity index (χ2v) is 6.30. The molecule has 0 atom stereocenters. The lowest BCUT2D eigenvalue weighted by Gasteiger charge is -2.10. The molecule has 0 aliphatic carbocycles. The Hall–Kier alpha value is -2.60. The van der Waals surface area contributed by atoms with Crippen molar-refractivity contribution in [2.24, 2.45) is 0 Å². The number of carbonyl (C=O) groups excluding carboxylic acids is 1. The van der Waals surface area contributed by atoms with Gasteiger partial charge in [0, 0.05) is 6.20 Å². The number of alkyl halides is 3. The van der Waals surface area contributed by atoms with Gasteiger partial charge in [-0.3, -0.25) is 9.36 Å². The summed E-state index contributed by atoms with van der Waals surface area (Å²) in [5, 5.41) is 3.85. The van der Waals surface area contributed by atoms with E-state index in [4.69, 9.17) is 16.3 Å². The average molecular weight is 423 g/mol. The molecular weight excluding hydrogens is 416 g/mol. The van der Waals surface area contributed by atoms with E-state index in [9.17, 15) is 27.2 Å². The fraction of sp³-hybridized carbons (Fsp3) is 0.214. The van der Waals surface area contributed by atoms with Crippen LogP contribution >= 0.6 is 22.9 Å². The lowest BCUT2D eigenvalue weighted by atomic mass is 10.2. The molecule has 0 bridgehead atoms. The van der Waals surface area contributed by atoms with Gasteiger partial charge in [0.1, 0.15) is 5.56 Å². The summed E-state index contributed by atoms with van der Waals surface area (Å²) in [7, 11) is 0. The molecule has 142 valence electrons. The highest BCUT2D eigenvalue weighted by Crippen LogP contribution is 2.33. The van der Waals surface area contributed by atoms with Gasteiger partial charge in [-0.05, 0) is 13.0 Å². The highest BCUT2D eigenvalue weighted by molar-refractivity contribution is 7.13. The number of pyridine rings is 2. The van der Waals surface area contributed by atoms with E-state index in [0.29, 0.717) is 0 Å². The van der Waals surface area contributed by atoms with E-state index in [-0.39, 0.29) is 34.1 Å². The van der Waals surface area contributed by atoms with E-state index in [1.807, 2.05) is 0 Å². The molecule has 27 heavy (non-hydrogen) atoms. The molecule has 3 aromatic rings. The van der Waals surface area contributed by atoms with Crippen LogP contribution in [0.4, 0.5) is 17.6 Å². The van der Waals surface area contributed by atoms with E-state index in [1.54, 1.807) is 0 Å². The van der Waals surface area contributed by atoms with E-state index in [2.05, 4.69) is 15.2 Å². The van der Waals surface area contributed by atoms with Gasteiger partial charge in [0.2, 0.25) is 15.6 Å². The van der Waals surface area contributed by atoms with Gasteiger partial charge in [0.25, 0.3) is 0 Å². The molecule has 0 spiro atoms. The Morgan fingerprint density at radius 3 is 2.67 bits per heavy atom. The molecule has 0 amide bonds. The van der Waals surface area contributed by atoms with Crippen LogP contribution in [0.15, 0.2) is 17.1 Å². The van der Waals surface area contributed by atoms with Crippen molar-refractivity contribution in [3.05, 3.63) is 44.0 Å². The lowest BCUT2D eigenvalue weighted by molar-refractivity contribution is -0.138. The van der Waals surface area contributed by atoms with Crippen LogP contribution in [0, 0.1) is 5.82 Å². The number of esters is 1. The SMILES string of the molecule is CCOC(=O)c1cn(-c2nnc(C(F)(F)F)s2)c2nc(Cl)c(F)cc2c1=O. The number of carbonyl (C=O) groups is 1. The summed E-state index contributed by atoms with van der Waals surface area (Å²) >= 11 is 5.77. The molecule has 3 rings (SSSR count). The number of rotatable bonds is 3. The number of hydrogen-bond acceptors (Lipinski definition) is 7. The molecule has 0 saturated carbocycles. The van der Waals surface area contributed by atoms with Gasteiger partial charge in [0.15, 0.2) is 16.6 Å². The average Bonchev–Trinajstić information content (AvgIpc) is 3.07. The smallest absolute Gasteiger partial charge is 0.445 e. The molecule has 0 aliphatic rings. The third kappa shape index (κ3) is 3.49. The molecule has 0 aromatic carbocycles. The summed E-state index contributed by atoms with van der Waals surface area (Å²) in [6, 6.07) is 0.734. The number of halogens is 5. The van der Waals surface area contributed by atoms with Crippen molar-refractivity contribution in [3.63, 3.8) is 0 Å². The maximum atomic E-state index is 13.8. The first-order valence-corrected chi connectivity index (χ1v) is 8.32. The molecule has 0 radical (unpaired) electrons. The Kier molecular flexibility index (Phi) is 4.86. The largest absolute Gasteiger partial charge is 0.462 e. The molecule has 13 heteroatoms. The van der Waals surface area contributed by atoms with Crippen molar-refractivity contribution in [1.29, 1.82) is 0 Å². The van der Waals surface area contributed by atoms with Crippen molar-refractivity contribution >= 4 is 39.9 Å². The highest BCUT2D eigenvalue weighted by Gasteiger charge is 2.36. The zero-order chi connectivity index (χ0) is 19.9. The van der Waals surface area contributed by atoms with Crippen LogP contribution in [0.5, 0.6) is 0 Å². The van der Waals surface area contributed by atoms with Crippen LogP contribution in [0.25, 0.3) is 16.2 Å². The van der Waals surface area contributed by atoms with Crippen molar-refractivity contribution in [2.75, 3.05) is 6.61 Å². The molecule has 0 N–H and O–H groups in total. The molecular formula is C14H7ClF4N4O3S. The van der Waals surface area contributed by atoms with Crippen LogP contribution in [0.1, 0.15) is 22.3 Å². The Morgan fingerprint density at radius 1 is 1.37 bits per heavy atom. The van der Waals surface area contributed by atoms with Crippen LogP contribution in [0.3, 0.4) is 0 Å². The molecule has 7 nitrogen and oxygen atoms in total. The van der Waals surface area contributed by atoms with E-state index in [0.717, 1.165) is 16.8 Å². The first-order valence-electron chi connectivity index (χ1n) is 7.13. The zero-order valence-corrected chi connectivity index (χ0v) is 14.7. The fourth-order valence-corrected chi connectivity index (χ4v) is 2.95. The monoisotopic (exact) mass is 422 g/mol. The number of nitrogens with zero attached hydrogens (tertiary/aromatic N) is 4. The van der Waals surface area contributed by atoms with Gasteiger partial charge in [0.05, 0.1) is 12.0 Å². The first-order chi connectivity index (χ1) is 12.6. The van der Waals surface area contributed by atoms with Crippen LogP contribution in [-0.2, 0) is 10.9 Å². The van der Waals surface area contributed by atoms with Gasteiger partial charge >= 0.3 is 12.1 Å². The quantitative estimate of drug-likeness (QED) is 0.366. The van der Waals surface area contributed by atoms with Crippen molar-refractivity contribution in [2.45, 2.75) is 13.1 Å². The van der Waals surface area contributed by atoms with Crippen molar-refractivity contribution < 1.29 is 27.1 Å². The van der Waals surface area contributed by atoms with Crippen LogP contribution < -0.4 is 5.43 Å². The summed E-state index contributed by atoms with van der Waals surface area (Å²) in [6.07, 6.45) is -3.84. The Labute approximate surface area is 156 Å². The van der Waals surface area contributed by atoms with Gasteiger partial charge in [-0.1, -0.05) is 22.9 Å². The predicted molar refractivity (Wildman–Crippen MR) is 86.7 cm³/mol. The Balaban J connectivity index is 2.34. The normalized spacial score (nSPS) is 11.8. The maximum Gasteiger partial charge on any atom is 0.445 e. The minimum absolute atomic E-state index is 0.0550. The summed E-state index contributed by atoms with van der Waals surface area (Å²) in [4.78, 5) is 28.2. The third-order valence-electron chi connectivity index (χ3n) is 3.25. The molecule has 0 aliphatic heterocycles. The molecule has 0 unspecified atom stereocenters. The van der Waals surface area contributed by atoms with E-state index >= 15 is 0 Å². The second kappa shape index (κ2) is 6.85. The summed E-state index contributed by atoms with van der Waals surface area (Å²) in [6.45, 7) is 1.44. The first kappa shape index (κ1) is 19.2. The molecule has 0 saturated heterocycles. The van der Waals surface area contributed by atoms with Gasteiger partial charge in [-0.15, -0.1) is 10.2 Å². The van der Waals surface area contributed by atoms with Crippen LogP contribution in [-0.4, -0.2) is 32.3 Å². The zero-order valence-electron chi connectivity index (χ0n) is 13.2. The number of ether oxygens (including phenoxy) is 1. The lowest BCUT2D eigenvalue weighted by Crippen LogP contribution is -2.21. The molecule has 3 heterocycles. The van der Waals surface area contributed by atoms with Gasteiger partial charge < -0.3 is 4.74 Å². The number of aromatic nitrogens is 4. The summed E-state index contributed by atoms with van der Waals surface area (Å²) in [5.41, 5.74) is -1.73. The minimum atomic E-state index is -4.74. The summed E-state index contributed by atoms with van der Waals surface area (Å²) < 4.78 is 57.9. The summed E-state index contributed by atoms with van der Waals surface area (Å²) in [5.74, 6) is -2.07. The topological polar surface area (TPSA) is 87.0 Å². The van der Waals surface area contributed by atoms with E-state index in [1.165, 1.54) is 6.92 Å². The second-order valence-electron chi connectivity index (χ2n) is 4.98. The highest BCUT2D eigenvalue weighted by atomic mass is 35.5. The van der Waals surface area contributed by atoms with Gasteiger partial charge in [-0.25, -0.2) is 14.2 Å². The molecule has 0 fully saturated rings. The van der Waals surface area contributed by atoms with Crippen molar-refractivity contribution in [1.82, 2.24) is 19.7 Å². The third-order valence-corrected chi connectivity index (χ3v) is 4.48. The molecule has 3 aromatic heterocycles. The van der Waals surface area contributed by atoms with Crippen molar-refractivity contribution in [3.8, 4) is 5.13 Å². The predicted octanol–water partition coefficient (Wildman–Crippen LogP) is 3.23. The number of hydrogen-bond donors (Lipinski definition) is 0. The van der Waals surface area contributed by atoms with Gasteiger partial charge in [-0.2, -0.15) is 13.2 Å². The van der Waals surface area contributed by atoms with Crippen LogP contribution in [0.2, 0.25) is 5.15 Å². The minimum Gasteiger partial charge on any atom is -0.462 e.